The van der Waals surface area contributed by atoms with E-state index in [1.54, 1.807) is 6.07 Å². The minimum absolute atomic E-state index is 0.0152. The summed E-state index contributed by atoms with van der Waals surface area (Å²) in [4.78, 5) is 24.5. The van der Waals surface area contributed by atoms with Crippen LogP contribution in [0.5, 0.6) is 0 Å². The number of aliphatic carboxylic acids is 1. The van der Waals surface area contributed by atoms with Gasteiger partial charge in [-0.3, -0.25) is 9.59 Å². The number of aryl methyl sites for hydroxylation is 1. The average Bonchev–Trinajstić information content (AvgIpc) is 3.47. The van der Waals surface area contributed by atoms with Crippen LogP contribution in [-0.4, -0.2) is 22.0 Å². The molecule has 2 saturated carbocycles. The highest BCUT2D eigenvalue weighted by atomic mass is 35.5. The van der Waals surface area contributed by atoms with Gasteiger partial charge in [0.05, 0.1) is 5.69 Å². The summed E-state index contributed by atoms with van der Waals surface area (Å²) in [6, 6.07) is 5.57. The summed E-state index contributed by atoms with van der Waals surface area (Å²) in [7, 11) is 0. The van der Waals surface area contributed by atoms with Crippen LogP contribution in [0.4, 0.5) is 0 Å². The summed E-state index contributed by atoms with van der Waals surface area (Å²) < 4.78 is 5.98. The van der Waals surface area contributed by atoms with E-state index in [0.29, 0.717) is 41.0 Å². The molecular formula is C29H38ClNO4. The van der Waals surface area contributed by atoms with Gasteiger partial charge >= 0.3 is 5.97 Å². The van der Waals surface area contributed by atoms with E-state index in [9.17, 15) is 14.7 Å². The maximum atomic E-state index is 13.1. The first-order valence-electron chi connectivity index (χ1n) is 13.0. The molecule has 0 radical (unpaired) electrons. The topological polar surface area (TPSA) is 80.4 Å². The molecule has 6 heteroatoms. The van der Waals surface area contributed by atoms with E-state index in [4.69, 9.17) is 16.1 Å². The first kappa shape index (κ1) is 25.9. The number of aromatic nitrogens is 1. The molecule has 0 amide bonds. The van der Waals surface area contributed by atoms with Crippen LogP contribution in [0.25, 0.3) is 0 Å². The fraction of sp³-hybridized carbons (Fsp3) is 0.621. The molecule has 1 atom stereocenters. The van der Waals surface area contributed by atoms with Crippen molar-refractivity contribution in [1.82, 2.24) is 5.16 Å². The monoisotopic (exact) mass is 499 g/mol. The van der Waals surface area contributed by atoms with Gasteiger partial charge in [0.2, 0.25) is 0 Å². The van der Waals surface area contributed by atoms with Gasteiger partial charge in [-0.2, -0.15) is 0 Å². The second kappa shape index (κ2) is 10.5. The molecule has 5 nitrogen and oxygen atoms in total. The smallest absolute Gasteiger partial charge is 0.303 e. The van der Waals surface area contributed by atoms with Crippen LogP contribution in [0, 0.1) is 18.3 Å². The minimum atomic E-state index is -0.850. The lowest BCUT2D eigenvalue weighted by Crippen LogP contribution is -2.26. The molecule has 2 aliphatic carbocycles. The number of ketones is 1. The van der Waals surface area contributed by atoms with E-state index < -0.39 is 5.97 Å². The zero-order valence-electron chi connectivity index (χ0n) is 21.4. The first-order chi connectivity index (χ1) is 16.5. The van der Waals surface area contributed by atoms with Crippen LogP contribution in [0.3, 0.4) is 0 Å². The lowest BCUT2D eigenvalue weighted by molar-refractivity contribution is -0.137. The third kappa shape index (κ3) is 6.75. The summed E-state index contributed by atoms with van der Waals surface area (Å²) in [6.07, 6.45) is 6.69. The quantitative estimate of drug-likeness (QED) is 0.344. The van der Waals surface area contributed by atoms with Gasteiger partial charge < -0.3 is 9.63 Å². The third-order valence-electron chi connectivity index (χ3n) is 7.54. The standard InChI is InChI=1S/C29H38ClNO4/c1-17-11-23(30)9-7-20(17)14-24(32)15-21(8-10-25(33)34)27-26(19-5-6-19)28(35-31-27)22-12-18(13-22)16-29(2,3)4/h7,9,11,18-19,21-22H,5-6,8,10,12-16H2,1-4H3,(H,33,34)/t18?,21-,22?/m0/s1. The molecule has 4 rings (SSSR count). The normalized spacial score (nSPS) is 20.9. The number of carbonyl (C=O) groups is 2. The molecule has 2 aliphatic rings. The Labute approximate surface area is 213 Å². The van der Waals surface area contributed by atoms with Crippen molar-refractivity contribution in [3.63, 3.8) is 0 Å². The molecular weight excluding hydrogens is 462 g/mol. The van der Waals surface area contributed by atoms with E-state index in [-0.39, 0.29) is 24.5 Å². The summed E-state index contributed by atoms with van der Waals surface area (Å²) in [5.74, 6) is 1.56. The molecule has 1 aromatic heterocycles. The van der Waals surface area contributed by atoms with Crippen LogP contribution in [-0.2, 0) is 16.0 Å². The summed E-state index contributed by atoms with van der Waals surface area (Å²) >= 11 is 6.07. The number of nitrogens with zero attached hydrogens (tertiary/aromatic N) is 1. The summed E-state index contributed by atoms with van der Waals surface area (Å²) in [5, 5.41) is 14.5. The van der Waals surface area contributed by atoms with Crippen LogP contribution in [0.15, 0.2) is 22.7 Å². The zero-order valence-corrected chi connectivity index (χ0v) is 22.2. The average molecular weight is 500 g/mol. The molecule has 1 aromatic carbocycles. The highest BCUT2D eigenvalue weighted by molar-refractivity contribution is 6.30. The number of Topliss-reactive ketones (excluding diaryl/α,β-unsaturated/α-hetero) is 1. The van der Waals surface area contributed by atoms with Crippen molar-refractivity contribution in [2.75, 3.05) is 0 Å². The van der Waals surface area contributed by atoms with E-state index in [2.05, 4.69) is 25.9 Å². The molecule has 1 N–H and O–H groups in total. The molecule has 0 aliphatic heterocycles. The fourth-order valence-electron chi connectivity index (χ4n) is 5.73. The molecule has 2 aromatic rings. The van der Waals surface area contributed by atoms with E-state index in [1.165, 1.54) is 12.0 Å². The Morgan fingerprint density at radius 1 is 1.20 bits per heavy atom. The van der Waals surface area contributed by atoms with Crippen molar-refractivity contribution in [2.24, 2.45) is 11.3 Å². The molecule has 0 bridgehead atoms. The zero-order chi connectivity index (χ0) is 25.3. The maximum absolute atomic E-state index is 13.1. The van der Waals surface area contributed by atoms with Crippen LogP contribution < -0.4 is 0 Å². The Hall–Kier alpha value is -2.14. The van der Waals surface area contributed by atoms with Gasteiger partial charge in [0.15, 0.2) is 0 Å². The fourth-order valence-corrected chi connectivity index (χ4v) is 5.95. The number of hydrogen-bond acceptors (Lipinski definition) is 4. The Bertz CT molecular complexity index is 1070. The Morgan fingerprint density at radius 3 is 2.51 bits per heavy atom. The number of carboxylic acid groups (broad SMARTS) is 1. The minimum Gasteiger partial charge on any atom is -0.481 e. The molecule has 0 saturated heterocycles. The van der Waals surface area contributed by atoms with Gasteiger partial charge in [0.1, 0.15) is 11.5 Å². The Kier molecular flexibility index (Phi) is 7.75. The predicted octanol–water partition coefficient (Wildman–Crippen LogP) is 7.59. The lowest BCUT2D eigenvalue weighted by Gasteiger charge is -2.38. The number of halogens is 1. The lowest BCUT2D eigenvalue weighted by atomic mass is 9.66. The number of hydrogen-bond donors (Lipinski definition) is 1. The highest BCUT2D eigenvalue weighted by Crippen LogP contribution is 2.53. The second-order valence-corrected chi connectivity index (χ2v) is 12.5. The molecule has 1 heterocycles. The van der Waals surface area contributed by atoms with Gasteiger partial charge in [0, 0.05) is 41.7 Å². The van der Waals surface area contributed by atoms with Gasteiger partial charge in [0.25, 0.3) is 0 Å². The second-order valence-electron chi connectivity index (χ2n) is 12.0. The molecule has 2 fully saturated rings. The van der Waals surface area contributed by atoms with E-state index in [0.717, 1.165) is 48.3 Å². The van der Waals surface area contributed by atoms with Gasteiger partial charge in [-0.1, -0.05) is 43.6 Å². The SMILES string of the molecule is Cc1cc(Cl)ccc1CC(=O)C[C@H](CCC(=O)O)c1noc(C2CC(CC(C)(C)C)C2)c1C1CC1. The van der Waals surface area contributed by atoms with Crippen molar-refractivity contribution in [1.29, 1.82) is 0 Å². The summed E-state index contributed by atoms with van der Waals surface area (Å²) in [5.41, 5.74) is 4.30. The van der Waals surface area contributed by atoms with Crippen molar-refractivity contribution < 1.29 is 19.2 Å². The Morgan fingerprint density at radius 2 is 1.91 bits per heavy atom. The molecule has 190 valence electrons. The predicted molar refractivity (Wildman–Crippen MR) is 137 cm³/mol. The highest BCUT2D eigenvalue weighted by Gasteiger charge is 2.42. The van der Waals surface area contributed by atoms with Gasteiger partial charge in [-0.15, -0.1) is 0 Å². The number of benzene rings is 1. The van der Waals surface area contributed by atoms with E-state index in [1.807, 2.05) is 19.1 Å². The van der Waals surface area contributed by atoms with Crippen LogP contribution >= 0.6 is 11.6 Å². The van der Waals surface area contributed by atoms with Crippen molar-refractivity contribution in [2.45, 2.75) is 103 Å². The Balaban J connectivity index is 1.51. The molecule has 0 spiro atoms. The molecule has 0 unspecified atom stereocenters. The first-order valence-corrected chi connectivity index (χ1v) is 13.4. The van der Waals surface area contributed by atoms with Crippen LogP contribution in [0.2, 0.25) is 5.02 Å². The third-order valence-corrected chi connectivity index (χ3v) is 7.77. The van der Waals surface area contributed by atoms with Gasteiger partial charge in [-0.25, -0.2) is 0 Å². The number of rotatable bonds is 11. The van der Waals surface area contributed by atoms with Crippen molar-refractivity contribution >= 4 is 23.4 Å². The summed E-state index contributed by atoms with van der Waals surface area (Å²) in [6.45, 7) is 8.82. The largest absolute Gasteiger partial charge is 0.481 e. The number of carboxylic acids is 1. The molecule has 35 heavy (non-hydrogen) atoms. The van der Waals surface area contributed by atoms with Crippen LogP contribution in [0.1, 0.15) is 118 Å². The number of carbonyl (C=O) groups excluding carboxylic acids is 1. The van der Waals surface area contributed by atoms with Gasteiger partial charge in [-0.05, 0) is 86.0 Å². The maximum Gasteiger partial charge on any atom is 0.303 e. The van der Waals surface area contributed by atoms with E-state index >= 15 is 0 Å². The van der Waals surface area contributed by atoms with Crippen molar-refractivity contribution in [3.8, 4) is 0 Å². The van der Waals surface area contributed by atoms with Crippen molar-refractivity contribution in [3.05, 3.63) is 51.4 Å².